The van der Waals surface area contributed by atoms with Gasteiger partial charge in [-0.05, 0) is 81.4 Å². The van der Waals surface area contributed by atoms with E-state index in [4.69, 9.17) is 0 Å². The first-order valence-electron chi connectivity index (χ1n) is 14.5. The maximum atomic E-state index is 13.1. The van der Waals surface area contributed by atoms with Gasteiger partial charge in [-0.1, -0.05) is 52.4 Å². The molecule has 3 amide bonds. The van der Waals surface area contributed by atoms with Gasteiger partial charge in [-0.15, -0.1) is 0 Å². The van der Waals surface area contributed by atoms with Gasteiger partial charge in [0.2, 0.25) is 17.7 Å². The Bertz CT molecular complexity index is 858. The summed E-state index contributed by atoms with van der Waals surface area (Å²) in [6.45, 7) is 4.53. The lowest BCUT2D eigenvalue weighted by atomic mass is 9.76. The van der Waals surface area contributed by atoms with Crippen LogP contribution in [0.3, 0.4) is 0 Å². The number of amides is 3. The molecule has 3 aliphatic carbocycles. The first kappa shape index (κ1) is 26.7. The molecule has 0 aliphatic heterocycles. The molecule has 3 saturated carbocycles. The lowest BCUT2D eigenvalue weighted by Gasteiger charge is -2.30. The van der Waals surface area contributed by atoms with E-state index in [1.807, 2.05) is 18.2 Å². The van der Waals surface area contributed by atoms with Gasteiger partial charge in [0.15, 0.2) is 0 Å². The maximum absolute atomic E-state index is 13.1. The van der Waals surface area contributed by atoms with E-state index in [2.05, 4.69) is 29.8 Å². The lowest BCUT2D eigenvalue weighted by molar-refractivity contribution is -0.121. The average molecular weight is 496 g/mol. The minimum absolute atomic E-state index is 0.0146. The number of anilines is 3. The smallest absolute Gasteiger partial charge is 0.227 e. The molecule has 3 N–H and O–H groups in total. The highest BCUT2D eigenvalue weighted by atomic mass is 16.2. The van der Waals surface area contributed by atoms with Gasteiger partial charge >= 0.3 is 0 Å². The summed E-state index contributed by atoms with van der Waals surface area (Å²) in [5, 5.41) is 9.25. The monoisotopic (exact) mass is 495 g/mol. The van der Waals surface area contributed by atoms with Gasteiger partial charge in [0.25, 0.3) is 0 Å². The molecule has 6 heteroatoms. The zero-order valence-electron chi connectivity index (χ0n) is 22.2. The predicted octanol–water partition coefficient (Wildman–Crippen LogP) is 7.13. The highest BCUT2D eigenvalue weighted by Gasteiger charge is 2.28. The summed E-state index contributed by atoms with van der Waals surface area (Å²) in [5.41, 5.74) is 1.89. The van der Waals surface area contributed by atoms with Crippen molar-refractivity contribution >= 4 is 34.8 Å². The van der Waals surface area contributed by atoms with E-state index < -0.39 is 0 Å². The van der Waals surface area contributed by atoms with Gasteiger partial charge in [0.1, 0.15) is 0 Å². The third kappa shape index (κ3) is 7.33. The third-order valence-electron chi connectivity index (χ3n) is 8.77. The van der Waals surface area contributed by atoms with Crippen molar-refractivity contribution in [3.8, 4) is 0 Å². The highest BCUT2D eigenvalue weighted by Crippen LogP contribution is 2.35. The number of benzene rings is 1. The zero-order valence-corrected chi connectivity index (χ0v) is 22.2. The van der Waals surface area contributed by atoms with Crippen molar-refractivity contribution in [2.45, 2.75) is 104 Å². The maximum Gasteiger partial charge on any atom is 0.227 e. The Morgan fingerprint density at radius 2 is 0.889 bits per heavy atom. The summed E-state index contributed by atoms with van der Waals surface area (Å²) in [4.78, 5) is 39.0. The molecule has 198 valence electrons. The second-order valence-corrected chi connectivity index (χ2v) is 11.8. The first-order chi connectivity index (χ1) is 17.4. The molecule has 4 rings (SSSR count). The topological polar surface area (TPSA) is 87.3 Å². The van der Waals surface area contributed by atoms with Crippen molar-refractivity contribution in [3.05, 3.63) is 18.2 Å². The molecule has 0 aromatic heterocycles. The lowest BCUT2D eigenvalue weighted by Crippen LogP contribution is -2.29. The second-order valence-electron chi connectivity index (χ2n) is 11.8. The van der Waals surface area contributed by atoms with Gasteiger partial charge in [0.05, 0.1) is 0 Å². The first-order valence-corrected chi connectivity index (χ1v) is 14.5. The number of hydrogen-bond donors (Lipinski definition) is 3. The van der Waals surface area contributed by atoms with E-state index in [1.54, 1.807) is 0 Å². The average Bonchev–Trinajstić information content (AvgIpc) is 2.89. The van der Waals surface area contributed by atoms with Crippen LogP contribution in [0.15, 0.2) is 18.2 Å². The quantitative estimate of drug-likeness (QED) is 0.376. The normalized spacial score (nSPS) is 23.8. The Balaban J connectivity index is 1.46. The Labute approximate surface area is 216 Å². The molecular formula is C30H45N3O3. The van der Waals surface area contributed by atoms with Crippen LogP contribution in [0.2, 0.25) is 0 Å². The number of nitrogens with one attached hydrogen (secondary N) is 3. The van der Waals surface area contributed by atoms with Gasteiger partial charge in [-0.2, -0.15) is 0 Å². The van der Waals surface area contributed by atoms with Crippen molar-refractivity contribution < 1.29 is 14.4 Å². The molecule has 0 saturated heterocycles. The van der Waals surface area contributed by atoms with Crippen LogP contribution in [0.25, 0.3) is 0 Å². The fourth-order valence-corrected chi connectivity index (χ4v) is 6.35. The Morgan fingerprint density at radius 1 is 0.556 bits per heavy atom. The molecule has 0 heterocycles. The van der Waals surface area contributed by atoms with Gasteiger partial charge < -0.3 is 16.0 Å². The summed E-state index contributed by atoms with van der Waals surface area (Å²) in [7, 11) is 0. The van der Waals surface area contributed by atoms with E-state index in [0.717, 1.165) is 77.0 Å². The summed E-state index contributed by atoms with van der Waals surface area (Å²) in [6.07, 6.45) is 14.5. The largest absolute Gasteiger partial charge is 0.326 e. The van der Waals surface area contributed by atoms with Crippen LogP contribution >= 0.6 is 0 Å². The van der Waals surface area contributed by atoms with E-state index in [-0.39, 0.29) is 35.5 Å². The number of carbonyl (C=O) groups is 3. The minimum atomic E-state index is 0.0146. The summed E-state index contributed by atoms with van der Waals surface area (Å²) < 4.78 is 0. The molecule has 0 unspecified atom stereocenters. The Morgan fingerprint density at radius 3 is 1.22 bits per heavy atom. The molecule has 0 atom stereocenters. The van der Waals surface area contributed by atoms with Crippen LogP contribution < -0.4 is 16.0 Å². The standard InChI is InChI=1S/C30H45N3O3/c1-20(2)21-13-15-24(16-14-21)30(36)33-27-18-25(31-28(34)22-9-5-3-6-10-22)17-26(19-27)32-29(35)23-11-7-4-8-12-23/h17-24H,3-16H2,1-2H3,(H,31,34)(H,32,35)(H,33,36)/t21-,24-. The van der Waals surface area contributed by atoms with Crippen molar-refractivity contribution in [2.75, 3.05) is 16.0 Å². The van der Waals surface area contributed by atoms with E-state index >= 15 is 0 Å². The fourth-order valence-electron chi connectivity index (χ4n) is 6.35. The van der Waals surface area contributed by atoms with Gasteiger partial charge in [-0.25, -0.2) is 0 Å². The zero-order chi connectivity index (χ0) is 25.5. The highest BCUT2D eigenvalue weighted by molar-refractivity contribution is 5.99. The Hall–Kier alpha value is -2.37. The van der Waals surface area contributed by atoms with Crippen molar-refractivity contribution in [2.24, 2.45) is 29.6 Å². The van der Waals surface area contributed by atoms with Crippen molar-refractivity contribution in [1.82, 2.24) is 0 Å². The van der Waals surface area contributed by atoms with Crippen LogP contribution in [0.1, 0.15) is 104 Å². The van der Waals surface area contributed by atoms with E-state index in [1.165, 1.54) is 12.8 Å². The molecule has 3 fully saturated rings. The molecule has 1 aromatic carbocycles. The van der Waals surface area contributed by atoms with Gasteiger partial charge in [0, 0.05) is 34.8 Å². The molecule has 36 heavy (non-hydrogen) atoms. The molecule has 0 spiro atoms. The van der Waals surface area contributed by atoms with E-state index in [0.29, 0.717) is 28.9 Å². The van der Waals surface area contributed by atoms with Crippen molar-refractivity contribution in [3.63, 3.8) is 0 Å². The van der Waals surface area contributed by atoms with Crippen LogP contribution in [-0.2, 0) is 14.4 Å². The second kappa shape index (κ2) is 12.7. The van der Waals surface area contributed by atoms with Crippen LogP contribution in [0, 0.1) is 29.6 Å². The van der Waals surface area contributed by atoms with Crippen LogP contribution in [0.4, 0.5) is 17.1 Å². The molecule has 1 aromatic rings. The van der Waals surface area contributed by atoms with Crippen LogP contribution in [0.5, 0.6) is 0 Å². The van der Waals surface area contributed by atoms with Gasteiger partial charge in [-0.3, -0.25) is 14.4 Å². The molecule has 0 radical (unpaired) electrons. The SMILES string of the molecule is CC(C)[C@H]1CC[C@H](C(=O)Nc2cc(NC(=O)C3CCCCC3)cc(NC(=O)C3CCCCC3)c2)CC1. The number of hydrogen-bond acceptors (Lipinski definition) is 3. The van der Waals surface area contributed by atoms with E-state index in [9.17, 15) is 14.4 Å². The molecule has 3 aliphatic rings. The summed E-state index contributed by atoms with van der Waals surface area (Å²) >= 11 is 0. The van der Waals surface area contributed by atoms with Crippen molar-refractivity contribution in [1.29, 1.82) is 0 Å². The minimum Gasteiger partial charge on any atom is -0.326 e. The van der Waals surface area contributed by atoms with Crippen LogP contribution in [-0.4, -0.2) is 17.7 Å². The predicted molar refractivity (Wildman–Crippen MR) is 146 cm³/mol. The fraction of sp³-hybridized carbons (Fsp3) is 0.700. The summed E-state index contributed by atoms with van der Waals surface area (Å²) in [5.74, 6) is 1.56. The Kier molecular flexibility index (Phi) is 9.44. The summed E-state index contributed by atoms with van der Waals surface area (Å²) in [6, 6.07) is 5.48. The number of rotatable bonds is 7. The molecular weight excluding hydrogens is 450 g/mol. The number of carbonyl (C=O) groups excluding carboxylic acids is 3. The third-order valence-corrected chi connectivity index (χ3v) is 8.77. The molecule has 0 bridgehead atoms. The molecule has 6 nitrogen and oxygen atoms in total.